The minimum absolute atomic E-state index is 0.115. The molecule has 0 aliphatic carbocycles. The molecule has 198 valence electrons. The minimum Gasteiger partial charge on any atom is -0.497 e. The summed E-state index contributed by atoms with van der Waals surface area (Å²) in [5.74, 6) is -0.133. The van der Waals surface area contributed by atoms with Crippen molar-refractivity contribution in [2.45, 2.75) is 52.7 Å². The van der Waals surface area contributed by atoms with Crippen molar-refractivity contribution < 1.29 is 27.5 Å². The zero-order valence-corrected chi connectivity index (χ0v) is 22.9. The number of carbonyl (C=O) groups is 2. The zero-order chi connectivity index (χ0) is 27.0. The van der Waals surface area contributed by atoms with E-state index < -0.39 is 28.5 Å². The number of rotatable bonds is 12. The van der Waals surface area contributed by atoms with E-state index >= 15 is 0 Å². The third-order valence-electron chi connectivity index (χ3n) is 5.59. The van der Waals surface area contributed by atoms with E-state index in [1.165, 1.54) is 25.2 Å². The van der Waals surface area contributed by atoms with Gasteiger partial charge in [-0.1, -0.05) is 36.8 Å². The van der Waals surface area contributed by atoms with Crippen LogP contribution < -0.4 is 19.1 Å². The van der Waals surface area contributed by atoms with E-state index in [2.05, 4.69) is 5.32 Å². The predicted octanol–water partition coefficient (Wildman–Crippen LogP) is 3.11. The van der Waals surface area contributed by atoms with Crippen LogP contribution in [0.2, 0.25) is 0 Å². The third-order valence-corrected chi connectivity index (χ3v) is 6.71. The molecule has 2 rings (SSSR count). The van der Waals surface area contributed by atoms with E-state index in [4.69, 9.17) is 9.47 Å². The fourth-order valence-electron chi connectivity index (χ4n) is 3.89. The van der Waals surface area contributed by atoms with Gasteiger partial charge >= 0.3 is 0 Å². The lowest BCUT2D eigenvalue weighted by molar-refractivity contribution is -0.140. The van der Waals surface area contributed by atoms with Gasteiger partial charge in [-0.15, -0.1) is 0 Å². The molecule has 2 aromatic rings. The van der Waals surface area contributed by atoms with Crippen LogP contribution in [0.1, 0.15) is 38.3 Å². The van der Waals surface area contributed by atoms with Gasteiger partial charge in [0.1, 0.15) is 24.1 Å². The second-order valence-corrected chi connectivity index (χ2v) is 10.8. The number of hydrogen-bond donors (Lipinski definition) is 1. The Morgan fingerprint density at radius 2 is 1.75 bits per heavy atom. The van der Waals surface area contributed by atoms with Gasteiger partial charge in [0.25, 0.3) is 0 Å². The summed E-state index contributed by atoms with van der Waals surface area (Å²) >= 11 is 0. The van der Waals surface area contributed by atoms with Gasteiger partial charge < -0.3 is 19.7 Å². The smallest absolute Gasteiger partial charge is 0.244 e. The summed E-state index contributed by atoms with van der Waals surface area (Å²) in [7, 11) is -1.03. The number of hydrogen-bond acceptors (Lipinski definition) is 6. The van der Waals surface area contributed by atoms with Gasteiger partial charge in [-0.2, -0.15) is 0 Å². The molecule has 10 heteroatoms. The Hall–Kier alpha value is -3.27. The van der Waals surface area contributed by atoms with Crippen molar-refractivity contribution in [1.29, 1.82) is 0 Å². The van der Waals surface area contributed by atoms with E-state index in [1.807, 2.05) is 52.0 Å². The molecule has 0 heterocycles. The SMILES string of the molecule is CC[C@H](C(=O)NC(C)C)N(Cc1cccc(C)c1)C(=O)CN(c1cc(OC)ccc1OC)S(C)(=O)=O. The number of sulfonamides is 1. The molecular formula is C26H37N3O6S. The monoisotopic (exact) mass is 519 g/mol. The molecule has 1 atom stereocenters. The van der Waals surface area contributed by atoms with Gasteiger partial charge in [-0.05, 0) is 44.9 Å². The molecule has 2 aromatic carbocycles. The van der Waals surface area contributed by atoms with Crippen molar-refractivity contribution in [1.82, 2.24) is 10.2 Å². The van der Waals surface area contributed by atoms with Crippen molar-refractivity contribution in [2.24, 2.45) is 0 Å². The minimum atomic E-state index is -3.91. The van der Waals surface area contributed by atoms with Gasteiger partial charge in [-0.3, -0.25) is 13.9 Å². The normalized spacial score (nSPS) is 12.1. The average Bonchev–Trinajstić information content (AvgIpc) is 2.80. The number of benzene rings is 2. The van der Waals surface area contributed by atoms with Crippen molar-refractivity contribution in [3.05, 3.63) is 53.6 Å². The first kappa shape index (κ1) is 29.0. The molecule has 0 radical (unpaired) electrons. The van der Waals surface area contributed by atoms with Crippen LogP contribution in [-0.2, 0) is 26.2 Å². The summed E-state index contributed by atoms with van der Waals surface area (Å²) in [6, 6.07) is 11.5. The first-order valence-electron chi connectivity index (χ1n) is 11.8. The molecule has 0 fully saturated rings. The summed E-state index contributed by atoms with van der Waals surface area (Å²) in [6.07, 6.45) is 1.38. The first-order valence-corrected chi connectivity index (χ1v) is 13.6. The molecule has 0 spiro atoms. The number of methoxy groups -OCH3 is 2. The van der Waals surface area contributed by atoms with Gasteiger partial charge in [0.15, 0.2) is 0 Å². The molecule has 0 bridgehead atoms. The molecule has 0 aliphatic rings. The maximum absolute atomic E-state index is 13.8. The van der Waals surface area contributed by atoms with E-state index in [0.29, 0.717) is 12.2 Å². The fourth-order valence-corrected chi connectivity index (χ4v) is 4.74. The summed E-state index contributed by atoms with van der Waals surface area (Å²) in [5, 5.41) is 2.87. The maximum atomic E-state index is 13.8. The third kappa shape index (κ3) is 7.61. The molecule has 0 aromatic heterocycles. The Kier molecular flexibility index (Phi) is 10.2. The maximum Gasteiger partial charge on any atom is 0.244 e. The highest BCUT2D eigenvalue weighted by Gasteiger charge is 2.33. The van der Waals surface area contributed by atoms with Gasteiger partial charge in [0.2, 0.25) is 21.8 Å². The molecule has 0 saturated carbocycles. The standard InChI is InChI=1S/C26H37N3O6S/c1-8-22(26(31)27-18(2)3)28(16-20-11-9-10-19(4)14-20)25(30)17-29(36(7,32)33)23-15-21(34-5)12-13-24(23)35-6/h9-15,18,22H,8,16-17H2,1-7H3,(H,27,31)/t22-/m1/s1. The Morgan fingerprint density at radius 1 is 1.06 bits per heavy atom. The highest BCUT2D eigenvalue weighted by molar-refractivity contribution is 7.92. The number of carbonyl (C=O) groups excluding carboxylic acids is 2. The van der Waals surface area contributed by atoms with Crippen LogP contribution in [0.25, 0.3) is 0 Å². The Morgan fingerprint density at radius 3 is 2.28 bits per heavy atom. The number of amides is 2. The van der Waals surface area contributed by atoms with E-state index in [0.717, 1.165) is 21.7 Å². The second kappa shape index (κ2) is 12.6. The van der Waals surface area contributed by atoms with Gasteiger partial charge in [0, 0.05) is 18.7 Å². The zero-order valence-electron chi connectivity index (χ0n) is 22.1. The van der Waals surface area contributed by atoms with E-state index in [9.17, 15) is 18.0 Å². The molecule has 2 amide bonds. The molecule has 0 aliphatic heterocycles. The molecule has 0 unspecified atom stereocenters. The van der Waals surface area contributed by atoms with Gasteiger partial charge in [-0.25, -0.2) is 8.42 Å². The molecule has 9 nitrogen and oxygen atoms in total. The second-order valence-electron chi connectivity index (χ2n) is 8.91. The molecule has 1 N–H and O–H groups in total. The largest absolute Gasteiger partial charge is 0.497 e. The van der Waals surface area contributed by atoms with E-state index in [-0.39, 0.29) is 29.9 Å². The number of aryl methyl sites for hydroxylation is 1. The molecular weight excluding hydrogens is 482 g/mol. The highest BCUT2D eigenvalue weighted by Crippen LogP contribution is 2.34. The van der Waals surface area contributed by atoms with Gasteiger partial charge in [0.05, 0.1) is 26.2 Å². The number of nitrogens with zero attached hydrogens (tertiary/aromatic N) is 2. The summed E-state index contributed by atoms with van der Waals surface area (Å²) in [6.45, 7) is 7.09. The fraction of sp³-hybridized carbons (Fsp3) is 0.462. The number of anilines is 1. The van der Waals surface area contributed by atoms with Crippen LogP contribution in [0.5, 0.6) is 11.5 Å². The predicted molar refractivity (Wildman–Crippen MR) is 141 cm³/mol. The van der Waals surface area contributed by atoms with Crippen LogP contribution in [0.3, 0.4) is 0 Å². The first-order chi connectivity index (χ1) is 16.9. The van der Waals surface area contributed by atoms with Crippen molar-refractivity contribution in [3.8, 4) is 11.5 Å². The van der Waals surface area contributed by atoms with Crippen LogP contribution in [0, 0.1) is 6.92 Å². The number of ether oxygens (including phenoxy) is 2. The van der Waals surface area contributed by atoms with E-state index in [1.54, 1.807) is 12.1 Å². The lowest BCUT2D eigenvalue weighted by atomic mass is 10.1. The topological polar surface area (TPSA) is 105 Å². The van der Waals surface area contributed by atoms with Crippen LogP contribution in [-0.4, -0.2) is 64.2 Å². The summed E-state index contributed by atoms with van der Waals surface area (Å²) in [5.41, 5.74) is 2.02. The van der Waals surface area contributed by atoms with Crippen molar-refractivity contribution in [3.63, 3.8) is 0 Å². The van der Waals surface area contributed by atoms with Crippen molar-refractivity contribution >= 4 is 27.5 Å². The number of nitrogens with one attached hydrogen (secondary N) is 1. The Balaban J connectivity index is 2.53. The molecule has 0 saturated heterocycles. The summed E-state index contributed by atoms with van der Waals surface area (Å²) < 4.78 is 37.3. The highest BCUT2D eigenvalue weighted by atomic mass is 32.2. The van der Waals surface area contributed by atoms with Crippen LogP contribution in [0.15, 0.2) is 42.5 Å². The molecule has 36 heavy (non-hydrogen) atoms. The Bertz CT molecular complexity index is 1170. The lowest BCUT2D eigenvalue weighted by Gasteiger charge is -2.33. The van der Waals surface area contributed by atoms with Crippen LogP contribution >= 0.6 is 0 Å². The average molecular weight is 520 g/mol. The quantitative estimate of drug-likeness (QED) is 0.462. The Labute approximate surface area is 214 Å². The van der Waals surface area contributed by atoms with Crippen LogP contribution in [0.4, 0.5) is 5.69 Å². The summed E-state index contributed by atoms with van der Waals surface area (Å²) in [4.78, 5) is 28.3. The van der Waals surface area contributed by atoms with Crippen molar-refractivity contribution in [2.75, 3.05) is 31.3 Å². The lowest BCUT2D eigenvalue weighted by Crippen LogP contribution is -2.53.